The van der Waals surface area contributed by atoms with Crippen molar-refractivity contribution in [2.75, 3.05) is 50.1 Å². The molecule has 0 atom stereocenters. The second kappa shape index (κ2) is 9.38. The molecule has 0 spiro atoms. The number of aromatic nitrogens is 2. The van der Waals surface area contributed by atoms with Gasteiger partial charge in [0.25, 0.3) is 5.91 Å². The van der Waals surface area contributed by atoms with Gasteiger partial charge in [-0.05, 0) is 43.7 Å². The largest absolute Gasteiger partial charge is 0.495 e. The molecule has 164 valence electrons. The predicted octanol–water partition coefficient (Wildman–Crippen LogP) is 4.45. The summed E-state index contributed by atoms with van der Waals surface area (Å²) in [6.07, 6.45) is 2.75. The Balaban J connectivity index is 1.62. The van der Waals surface area contributed by atoms with E-state index in [-0.39, 0.29) is 5.91 Å². The first-order valence-corrected chi connectivity index (χ1v) is 11.6. The number of benzene rings is 1. The van der Waals surface area contributed by atoms with E-state index < -0.39 is 0 Å². The summed E-state index contributed by atoms with van der Waals surface area (Å²) in [4.78, 5) is 28.4. The van der Waals surface area contributed by atoms with Crippen LogP contribution in [0.15, 0.2) is 24.5 Å². The van der Waals surface area contributed by atoms with Gasteiger partial charge in [-0.1, -0.05) is 18.5 Å². The lowest BCUT2D eigenvalue weighted by Crippen LogP contribution is -2.46. The molecule has 0 saturated carbocycles. The van der Waals surface area contributed by atoms with Crippen LogP contribution >= 0.6 is 22.9 Å². The Bertz CT molecular complexity index is 1090. The van der Waals surface area contributed by atoms with E-state index >= 15 is 0 Å². The molecule has 1 aliphatic heterocycles. The first-order valence-electron chi connectivity index (χ1n) is 10.4. The maximum atomic E-state index is 13.1. The number of halogens is 1. The van der Waals surface area contributed by atoms with Crippen LogP contribution in [0.25, 0.3) is 10.2 Å². The molecule has 7 nitrogen and oxygen atoms in total. The van der Waals surface area contributed by atoms with E-state index in [0.717, 1.165) is 60.7 Å². The lowest BCUT2D eigenvalue weighted by molar-refractivity contribution is 0.102. The average Bonchev–Trinajstić information content (AvgIpc) is 3.12. The van der Waals surface area contributed by atoms with E-state index in [1.807, 2.05) is 6.92 Å². The van der Waals surface area contributed by atoms with E-state index in [1.54, 1.807) is 31.6 Å². The minimum Gasteiger partial charge on any atom is -0.495 e. The summed E-state index contributed by atoms with van der Waals surface area (Å²) in [5, 5.41) is 4.42. The summed E-state index contributed by atoms with van der Waals surface area (Å²) in [6, 6.07) is 5.14. The Hall–Kier alpha value is -2.42. The number of nitrogens with one attached hydrogen (secondary N) is 1. The summed E-state index contributed by atoms with van der Waals surface area (Å²) < 4.78 is 5.35. The van der Waals surface area contributed by atoms with Gasteiger partial charge in [-0.2, -0.15) is 0 Å². The number of aryl methyl sites for hydroxylation is 1. The Morgan fingerprint density at radius 3 is 2.74 bits per heavy atom. The highest BCUT2D eigenvalue weighted by Gasteiger charge is 2.24. The Morgan fingerprint density at radius 1 is 1.26 bits per heavy atom. The van der Waals surface area contributed by atoms with Crippen molar-refractivity contribution < 1.29 is 9.53 Å². The van der Waals surface area contributed by atoms with Crippen LogP contribution in [0.1, 0.15) is 28.6 Å². The average molecular weight is 460 g/mol. The number of thiophene rings is 1. The number of piperazine rings is 1. The summed E-state index contributed by atoms with van der Waals surface area (Å²) in [5.74, 6) is 1.26. The van der Waals surface area contributed by atoms with Crippen LogP contribution in [0.4, 0.5) is 11.5 Å². The second-order valence-corrected chi connectivity index (χ2v) is 9.00. The number of hydrogen-bond donors (Lipinski definition) is 1. The third kappa shape index (κ3) is 4.46. The van der Waals surface area contributed by atoms with Crippen molar-refractivity contribution in [3.05, 3.63) is 40.0 Å². The van der Waals surface area contributed by atoms with Crippen LogP contribution in [-0.4, -0.2) is 60.6 Å². The lowest BCUT2D eigenvalue weighted by atomic mass is 10.1. The van der Waals surface area contributed by atoms with Crippen molar-refractivity contribution >= 4 is 50.6 Å². The fraction of sp³-hybridized carbons (Fsp3) is 0.409. The van der Waals surface area contributed by atoms with Crippen molar-refractivity contribution in [3.63, 3.8) is 0 Å². The van der Waals surface area contributed by atoms with Crippen LogP contribution in [-0.2, 0) is 0 Å². The van der Waals surface area contributed by atoms with Crippen molar-refractivity contribution in [2.24, 2.45) is 0 Å². The van der Waals surface area contributed by atoms with Gasteiger partial charge < -0.3 is 15.0 Å². The van der Waals surface area contributed by atoms with Crippen molar-refractivity contribution in [1.29, 1.82) is 0 Å². The van der Waals surface area contributed by atoms with Gasteiger partial charge in [-0.3, -0.25) is 9.69 Å². The summed E-state index contributed by atoms with van der Waals surface area (Å²) in [6.45, 7) is 9.17. The molecule has 0 unspecified atom stereocenters. The van der Waals surface area contributed by atoms with E-state index in [4.69, 9.17) is 16.3 Å². The zero-order chi connectivity index (χ0) is 22.0. The first-order chi connectivity index (χ1) is 15.0. The molecule has 0 aliphatic carbocycles. The van der Waals surface area contributed by atoms with Crippen molar-refractivity contribution in [3.8, 4) is 5.75 Å². The maximum Gasteiger partial charge on any atom is 0.266 e. The number of fused-ring (bicyclic) bond motifs is 1. The number of amides is 1. The van der Waals surface area contributed by atoms with Crippen LogP contribution in [0.5, 0.6) is 5.75 Å². The first kappa shape index (κ1) is 21.8. The highest BCUT2D eigenvalue weighted by Crippen LogP contribution is 2.36. The summed E-state index contributed by atoms with van der Waals surface area (Å²) in [5.41, 5.74) is 1.43. The Kier molecular flexibility index (Phi) is 6.60. The highest BCUT2D eigenvalue weighted by molar-refractivity contribution is 7.20. The fourth-order valence-corrected chi connectivity index (χ4v) is 5.18. The molecule has 1 amide bonds. The number of rotatable bonds is 6. The zero-order valence-corrected chi connectivity index (χ0v) is 19.5. The summed E-state index contributed by atoms with van der Waals surface area (Å²) in [7, 11) is 1.56. The van der Waals surface area contributed by atoms with E-state index in [1.165, 1.54) is 11.3 Å². The molecule has 31 heavy (non-hydrogen) atoms. The van der Waals surface area contributed by atoms with Crippen LogP contribution in [0, 0.1) is 6.92 Å². The van der Waals surface area contributed by atoms with Gasteiger partial charge in [0, 0.05) is 31.2 Å². The zero-order valence-electron chi connectivity index (χ0n) is 17.9. The van der Waals surface area contributed by atoms with Gasteiger partial charge in [0.15, 0.2) is 0 Å². The third-order valence-corrected chi connectivity index (χ3v) is 6.97. The SMILES string of the molecule is CCCN1CCN(c2ncnc3sc(C(=O)Nc4cc(Cl)ccc4OC)c(C)c23)CC1. The van der Waals surface area contributed by atoms with Gasteiger partial charge in [-0.25, -0.2) is 9.97 Å². The number of carbonyl (C=O) groups is 1. The Morgan fingerprint density at radius 2 is 2.03 bits per heavy atom. The molecule has 0 bridgehead atoms. The van der Waals surface area contributed by atoms with E-state index in [0.29, 0.717) is 21.3 Å². The molecule has 9 heteroatoms. The number of ether oxygens (including phenoxy) is 1. The predicted molar refractivity (Wildman–Crippen MR) is 127 cm³/mol. The van der Waals surface area contributed by atoms with E-state index in [9.17, 15) is 4.79 Å². The molecule has 3 heterocycles. The van der Waals surface area contributed by atoms with Gasteiger partial charge in [-0.15, -0.1) is 11.3 Å². The van der Waals surface area contributed by atoms with Gasteiger partial charge in [0.1, 0.15) is 22.7 Å². The standard InChI is InChI=1S/C22H26ClN5O2S/c1-4-7-27-8-10-28(11-9-27)20-18-14(2)19(31-22(18)25-13-24-20)21(29)26-16-12-15(23)5-6-17(16)30-3/h5-6,12-13H,4,7-11H2,1-3H3,(H,26,29). The topological polar surface area (TPSA) is 70.6 Å². The number of anilines is 2. The smallest absolute Gasteiger partial charge is 0.266 e. The van der Waals surface area contributed by atoms with Crippen molar-refractivity contribution in [1.82, 2.24) is 14.9 Å². The van der Waals surface area contributed by atoms with Crippen molar-refractivity contribution in [2.45, 2.75) is 20.3 Å². The Labute approximate surface area is 191 Å². The minimum absolute atomic E-state index is 0.209. The molecule has 1 fully saturated rings. The quantitative estimate of drug-likeness (QED) is 0.587. The number of nitrogens with zero attached hydrogens (tertiary/aromatic N) is 4. The minimum atomic E-state index is -0.209. The molecule has 2 aromatic heterocycles. The molecule has 0 radical (unpaired) electrons. The van der Waals surface area contributed by atoms with Gasteiger partial charge in [0.2, 0.25) is 0 Å². The number of carbonyl (C=O) groups excluding carboxylic acids is 1. The molecule has 4 rings (SSSR count). The molecule has 1 aliphatic rings. The summed E-state index contributed by atoms with van der Waals surface area (Å²) >= 11 is 7.49. The second-order valence-electron chi connectivity index (χ2n) is 7.56. The molecule has 3 aromatic rings. The molecule has 1 saturated heterocycles. The van der Waals surface area contributed by atoms with E-state index in [2.05, 4.69) is 32.0 Å². The molecule has 1 N–H and O–H groups in total. The number of methoxy groups -OCH3 is 1. The highest BCUT2D eigenvalue weighted by atomic mass is 35.5. The number of hydrogen-bond acceptors (Lipinski definition) is 7. The maximum absolute atomic E-state index is 13.1. The normalized spacial score (nSPS) is 14.8. The molecular weight excluding hydrogens is 434 g/mol. The monoisotopic (exact) mass is 459 g/mol. The van der Waals surface area contributed by atoms with Crippen LogP contribution < -0.4 is 15.0 Å². The molecular formula is C22H26ClN5O2S. The molecule has 1 aromatic carbocycles. The lowest BCUT2D eigenvalue weighted by Gasteiger charge is -2.35. The van der Waals surface area contributed by atoms with Gasteiger partial charge >= 0.3 is 0 Å². The van der Waals surface area contributed by atoms with Gasteiger partial charge in [0.05, 0.1) is 23.1 Å². The fourth-order valence-electron chi connectivity index (χ4n) is 3.97. The van der Waals surface area contributed by atoms with Crippen LogP contribution in [0.3, 0.4) is 0 Å². The third-order valence-electron chi connectivity index (χ3n) is 5.53. The van der Waals surface area contributed by atoms with Crippen LogP contribution in [0.2, 0.25) is 5.02 Å².